The molecule has 0 amide bonds. The lowest BCUT2D eigenvalue weighted by Gasteiger charge is -2.22. The van der Waals surface area contributed by atoms with Crippen LogP contribution in [0.5, 0.6) is 0 Å². The molecule has 0 bridgehead atoms. The van der Waals surface area contributed by atoms with Crippen LogP contribution in [0.25, 0.3) is 11.3 Å². The molecule has 0 saturated heterocycles. The average Bonchev–Trinajstić information content (AvgIpc) is 3.15. The molecule has 1 fully saturated rings. The van der Waals surface area contributed by atoms with E-state index >= 15 is 0 Å². The first-order chi connectivity index (χ1) is 12.9. The molecule has 2 aromatic rings. The summed E-state index contributed by atoms with van der Waals surface area (Å²) in [7, 11) is 0. The van der Waals surface area contributed by atoms with Crippen molar-refractivity contribution in [2.45, 2.75) is 37.8 Å². The fourth-order valence-corrected chi connectivity index (χ4v) is 3.81. The Hall–Kier alpha value is -1.96. The number of nitrogens with zero attached hydrogens (tertiary/aromatic N) is 3. The van der Waals surface area contributed by atoms with Crippen molar-refractivity contribution < 1.29 is 13.2 Å². The third-order valence-corrected chi connectivity index (χ3v) is 5.46. The molecular formula is C19H20BrF3N4. The summed E-state index contributed by atoms with van der Waals surface area (Å²) < 4.78 is 37.8. The van der Waals surface area contributed by atoms with Gasteiger partial charge in [-0.05, 0) is 47.3 Å². The molecule has 1 aromatic carbocycles. The molecule has 1 aromatic heterocycles. The van der Waals surface area contributed by atoms with E-state index in [1.807, 2.05) is 46.6 Å². The van der Waals surface area contributed by atoms with E-state index in [9.17, 15) is 13.2 Å². The number of hydrogen-bond donors (Lipinski definition) is 1. The Labute approximate surface area is 164 Å². The molecule has 0 unspecified atom stereocenters. The number of hydrogen-bond acceptors (Lipinski definition) is 3. The second-order valence-corrected chi connectivity index (χ2v) is 7.92. The Bertz CT molecular complexity index is 842. The lowest BCUT2D eigenvalue weighted by Crippen LogP contribution is -2.26. The van der Waals surface area contributed by atoms with Gasteiger partial charge >= 0.3 is 6.18 Å². The van der Waals surface area contributed by atoms with Crippen molar-refractivity contribution in [3.63, 3.8) is 0 Å². The number of nitrogens with one attached hydrogen (secondary N) is 1. The molecule has 0 atom stereocenters. The largest absolute Gasteiger partial charge is 0.389 e. The van der Waals surface area contributed by atoms with E-state index < -0.39 is 12.6 Å². The fraction of sp³-hybridized carbons (Fsp3) is 0.421. The topological polar surface area (TPSA) is 35.2 Å². The Morgan fingerprint density at radius 1 is 1.22 bits per heavy atom. The van der Waals surface area contributed by atoms with Crippen molar-refractivity contribution in [1.82, 2.24) is 14.9 Å². The predicted molar refractivity (Wildman–Crippen MR) is 102 cm³/mol. The van der Waals surface area contributed by atoms with Gasteiger partial charge in [0.15, 0.2) is 0 Å². The molecule has 144 valence electrons. The Balaban J connectivity index is 1.39. The van der Waals surface area contributed by atoms with E-state index in [-0.39, 0.29) is 6.42 Å². The van der Waals surface area contributed by atoms with Gasteiger partial charge in [0.1, 0.15) is 5.82 Å². The van der Waals surface area contributed by atoms with E-state index in [2.05, 4.69) is 25.9 Å². The monoisotopic (exact) mass is 440 g/mol. The van der Waals surface area contributed by atoms with Crippen LogP contribution in [0.4, 0.5) is 18.9 Å². The zero-order valence-electron chi connectivity index (χ0n) is 14.6. The molecule has 0 radical (unpaired) electrons. The van der Waals surface area contributed by atoms with Gasteiger partial charge in [-0.3, -0.25) is 0 Å². The van der Waals surface area contributed by atoms with Gasteiger partial charge in [0.2, 0.25) is 0 Å². The summed E-state index contributed by atoms with van der Waals surface area (Å²) in [5, 5.41) is 0. The molecule has 2 heterocycles. The molecule has 8 heteroatoms. The van der Waals surface area contributed by atoms with Crippen LogP contribution in [-0.2, 0) is 0 Å². The number of aromatic nitrogens is 2. The minimum Gasteiger partial charge on any atom is -0.358 e. The fourth-order valence-electron chi connectivity index (χ4n) is 3.20. The lowest BCUT2D eigenvalue weighted by atomic mass is 10.1. The summed E-state index contributed by atoms with van der Waals surface area (Å²) in [4.78, 5) is 11.8. The van der Waals surface area contributed by atoms with E-state index in [1.54, 1.807) is 0 Å². The van der Waals surface area contributed by atoms with Gasteiger partial charge in [-0.25, -0.2) is 4.98 Å². The van der Waals surface area contributed by atoms with Crippen LogP contribution in [0.1, 0.15) is 37.4 Å². The van der Waals surface area contributed by atoms with Crippen molar-refractivity contribution in [2.24, 2.45) is 0 Å². The minimum atomic E-state index is -4.09. The number of benzene rings is 1. The predicted octanol–water partition coefficient (Wildman–Crippen LogP) is 5.61. The molecule has 1 aliphatic heterocycles. The summed E-state index contributed by atoms with van der Waals surface area (Å²) in [6.07, 6.45) is 3.28. The van der Waals surface area contributed by atoms with Crippen molar-refractivity contribution in [3.8, 4) is 11.3 Å². The number of halogens is 4. The number of H-pyrrole nitrogens is 1. The zero-order chi connectivity index (χ0) is 19.0. The molecule has 27 heavy (non-hydrogen) atoms. The first-order valence-electron chi connectivity index (χ1n) is 9.00. The minimum absolute atomic E-state index is 0.102. The number of rotatable bonds is 6. The van der Waals surface area contributed by atoms with Gasteiger partial charge in [-0.15, -0.1) is 0 Å². The lowest BCUT2D eigenvalue weighted by molar-refractivity contribution is -0.135. The second kappa shape index (κ2) is 7.22. The molecule has 4 nitrogen and oxygen atoms in total. The SMILES string of the molecule is FC(F)(F)CCCN1C=CN(c2ccc(-c3cnc(C4CC4)[nH]3)cc2Br)C1. The maximum atomic E-state index is 12.3. The van der Waals surface area contributed by atoms with E-state index in [4.69, 9.17) is 0 Å². The second-order valence-electron chi connectivity index (χ2n) is 7.06. The zero-order valence-corrected chi connectivity index (χ0v) is 16.2. The molecule has 0 spiro atoms. The van der Waals surface area contributed by atoms with Crippen LogP contribution >= 0.6 is 15.9 Å². The quantitative estimate of drug-likeness (QED) is 0.633. The van der Waals surface area contributed by atoms with Gasteiger partial charge in [0.25, 0.3) is 0 Å². The van der Waals surface area contributed by atoms with Crippen LogP contribution < -0.4 is 4.90 Å². The molecule has 1 saturated carbocycles. The van der Waals surface area contributed by atoms with Gasteiger partial charge < -0.3 is 14.8 Å². The van der Waals surface area contributed by atoms with Crippen LogP contribution in [-0.4, -0.2) is 34.3 Å². The maximum Gasteiger partial charge on any atom is 0.389 e. The molecule has 1 aliphatic carbocycles. The van der Waals surface area contributed by atoms with Gasteiger partial charge in [-0.1, -0.05) is 6.07 Å². The third-order valence-electron chi connectivity index (χ3n) is 4.82. The Morgan fingerprint density at radius 3 is 2.74 bits per heavy atom. The summed E-state index contributed by atoms with van der Waals surface area (Å²) in [5.74, 6) is 1.64. The third kappa shape index (κ3) is 4.48. The van der Waals surface area contributed by atoms with Crippen LogP contribution in [0.3, 0.4) is 0 Å². The normalized spacial score (nSPS) is 17.2. The van der Waals surface area contributed by atoms with Crippen LogP contribution in [0.2, 0.25) is 0 Å². The van der Waals surface area contributed by atoms with Gasteiger partial charge in [-0.2, -0.15) is 13.2 Å². The van der Waals surface area contributed by atoms with E-state index in [0.717, 1.165) is 27.2 Å². The van der Waals surface area contributed by atoms with Crippen molar-refractivity contribution >= 4 is 21.6 Å². The standard InChI is InChI=1S/C19H20BrF3N4/c20-15-10-14(16-11-24-18(25-16)13-2-3-13)4-5-17(15)27-9-8-26(12-27)7-1-6-19(21,22)23/h4-5,8-11,13H,1-3,6-7,12H2,(H,24,25). The smallest absolute Gasteiger partial charge is 0.358 e. The number of aromatic amines is 1. The number of alkyl halides is 3. The summed E-state index contributed by atoms with van der Waals surface area (Å²) in [6, 6.07) is 6.09. The van der Waals surface area contributed by atoms with E-state index in [0.29, 0.717) is 19.1 Å². The van der Waals surface area contributed by atoms with Crippen molar-refractivity contribution in [3.05, 3.63) is 47.1 Å². The number of anilines is 1. The Morgan fingerprint density at radius 2 is 2.04 bits per heavy atom. The maximum absolute atomic E-state index is 12.3. The van der Waals surface area contributed by atoms with Crippen molar-refractivity contribution in [1.29, 1.82) is 0 Å². The highest BCUT2D eigenvalue weighted by atomic mass is 79.9. The molecular weight excluding hydrogens is 421 g/mol. The summed E-state index contributed by atoms with van der Waals surface area (Å²) in [5.41, 5.74) is 3.03. The van der Waals surface area contributed by atoms with Crippen LogP contribution in [0, 0.1) is 0 Å². The van der Waals surface area contributed by atoms with Crippen molar-refractivity contribution in [2.75, 3.05) is 18.1 Å². The molecule has 1 N–H and O–H groups in total. The first-order valence-corrected chi connectivity index (χ1v) is 9.79. The van der Waals surface area contributed by atoms with E-state index in [1.165, 1.54) is 12.8 Å². The molecule has 4 rings (SSSR count). The van der Waals surface area contributed by atoms with Gasteiger partial charge in [0, 0.05) is 41.3 Å². The molecule has 2 aliphatic rings. The van der Waals surface area contributed by atoms with Crippen LogP contribution in [0.15, 0.2) is 41.3 Å². The summed E-state index contributed by atoms with van der Waals surface area (Å²) in [6.45, 7) is 0.936. The highest BCUT2D eigenvalue weighted by Gasteiger charge is 2.27. The van der Waals surface area contributed by atoms with Gasteiger partial charge in [0.05, 0.1) is 24.2 Å². The Kier molecular flexibility index (Phi) is 4.92. The first kappa shape index (κ1) is 18.4. The summed E-state index contributed by atoms with van der Waals surface area (Å²) >= 11 is 3.62. The average molecular weight is 441 g/mol. The highest BCUT2D eigenvalue weighted by Crippen LogP contribution is 2.39. The highest BCUT2D eigenvalue weighted by molar-refractivity contribution is 9.10. The number of imidazole rings is 1.